The number of phosphoric acid groups is 1. The van der Waals surface area contributed by atoms with Crippen molar-refractivity contribution in [1.29, 1.82) is 0 Å². The molecule has 0 spiro atoms. The van der Waals surface area contributed by atoms with Gasteiger partial charge in [0.2, 0.25) is 0 Å². The van der Waals surface area contributed by atoms with Gasteiger partial charge in [-0.1, -0.05) is 71.1 Å². The summed E-state index contributed by atoms with van der Waals surface area (Å²) in [4.78, 5) is 17.9. The minimum atomic E-state index is -4.46. The van der Waals surface area contributed by atoms with Crippen molar-refractivity contribution in [3.05, 3.63) is 0 Å². The van der Waals surface area contributed by atoms with E-state index in [1.54, 1.807) is 7.11 Å². The maximum atomic E-state index is 11.0. The molecule has 2 unspecified atom stereocenters. The quantitative estimate of drug-likeness (QED) is 0.107. The van der Waals surface area contributed by atoms with Crippen LogP contribution in [0.1, 0.15) is 90.4 Å². The Bertz CT molecular complexity index is 438. The number of unbranched alkanes of at least 4 members (excludes halogenated alkanes) is 10. The fourth-order valence-corrected chi connectivity index (χ4v) is 3.82. The molecule has 2 N–H and O–H groups in total. The van der Waals surface area contributed by atoms with Crippen LogP contribution in [0.3, 0.4) is 0 Å². The number of nitrogens with zero attached hydrogens (tertiary/aromatic N) is 1. The molecule has 0 bridgehead atoms. The first-order valence-corrected chi connectivity index (χ1v) is 13.3. The van der Waals surface area contributed by atoms with Crippen molar-refractivity contribution < 1.29 is 32.8 Å². The van der Waals surface area contributed by atoms with Gasteiger partial charge in [0, 0.05) is 26.6 Å². The summed E-state index contributed by atoms with van der Waals surface area (Å²) in [6.07, 6.45) is 15.4. The Morgan fingerprint density at radius 2 is 1.33 bits per heavy atom. The summed E-state index contributed by atoms with van der Waals surface area (Å²) in [6.45, 7) is 2.94. The number of methoxy groups -OCH3 is 1. The third-order valence-corrected chi connectivity index (χ3v) is 6.07. The largest absolute Gasteiger partial charge is 0.469 e. The van der Waals surface area contributed by atoms with Crippen LogP contribution in [0.4, 0.5) is 0 Å². The van der Waals surface area contributed by atoms with Gasteiger partial charge in [-0.25, -0.2) is 4.57 Å². The molecule has 0 saturated carbocycles. The van der Waals surface area contributed by atoms with Gasteiger partial charge in [0.15, 0.2) is 6.29 Å². The second-order valence-corrected chi connectivity index (χ2v) is 10.4. The fraction of sp³-hybridized carbons (Fsp3) is 1.00. The van der Waals surface area contributed by atoms with Crippen molar-refractivity contribution in [2.24, 2.45) is 0 Å². The van der Waals surface area contributed by atoms with Crippen molar-refractivity contribution in [2.75, 3.05) is 41.5 Å². The highest BCUT2D eigenvalue weighted by Crippen LogP contribution is 2.36. The molecule has 0 aromatic carbocycles. The fourth-order valence-electron chi connectivity index (χ4n) is 3.46. The van der Waals surface area contributed by atoms with Crippen molar-refractivity contribution >= 4 is 7.82 Å². The van der Waals surface area contributed by atoms with E-state index in [2.05, 4.69) is 6.92 Å². The van der Waals surface area contributed by atoms with E-state index in [0.29, 0.717) is 23.9 Å². The SMILES string of the molecule is CCCCCCCCCCCCCOC(CCC(COP(=O)(O)O)[N+](C)(C)C)OC. The van der Waals surface area contributed by atoms with Gasteiger partial charge in [-0.15, -0.1) is 0 Å². The lowest BCUT2D eigenvalue weighted by atomic mass is 10.1. The molecular weight excluding hydrogens is 405 g/mol. The van der Waals surface area contributed by atoms with Crippen LogP contribution >= 0.6 is 7.82 Å². The van der Waals surface area contributed by atoms with Gasteiger partial charge in [-0.3, -0.25) is 4.52 Å². The number of phosphoric ester groups is 1. The lowest BCUT2D eigenvalue weighted by molar-refractivity contribution is -0.896. The van der Waals surface area contributed by atoms with Gasteiger partial charge in [-0.05, 0) is 6.42 Å². The Labute approximate surface area is 185 Å². The molecule has 0 fully saturated rings. The number of ether oxygens (including phenoxy) is 2. The number of rotatable bonds is 21. The number of hydrogen-bond acceptors (Lipinski definition) is 4. The molecule has 0 aromatic heterocycles. The second kappa shape index (κ2) is 17.5. The Kier molecular flexibility index (Phi) is 17.5. The average molecular weight is 455 g/mol. The summed E-state index contributed by atoms with van der Waals surface area (Å²) in [5.41, 5.74) is 0. The standard InChI is InChI=1S/C22H48NO6P/c1-6-7-8-9-10-11-12-13-14-15-16-19-28-22(27-5)18-17-21(23(2,3)4)20-29-30(24,25)26/h21-22H,6-20H2,1-5H3,(H-,24,25,26)/p+1. The predicted octanol–water partition coefficient (Wildman–Crippen LogP) is 5.25. The lowest BCUT2D eigenvalue weighted by Crippen LogP contribution is -2.48. The van der Waals surface area contributed by atoms with Crippen LogP contribution in [0.15, 0.2) is 0 Å². The van der Waals surface area contributed by atoms with E-state index in [1.165, 1.54) is 64.2 Å². The molecule has 0 aliphatic rings. The highest BCUT2D eigenvalue weighted by Gasteiger charge is 2.28. The van der Waals surface area contributed by atoms with Crippen LogP contribution < -0.4 is 0 Å². The van der Waals surface area contributed by atoms with Crippen LogP contribution in [-0.4, -0.2) is 68.1 Å². The minimum absolute atomic E-state index is 0.00279. The molecule has 8 heteroatoms. The maximum absolute atomic E-state index is 11.0. The summed E-state index contributed by atoms with van der Waals surface area (Å²) < 4.78 is 27.6. The van der Waals surface area contributed by atoms with Crippen molar-refractivity contribution in [3.8, 4) is 0 Å². The zero-order valence-corrected chi connectivity index (χ0v) is 21.1. The van der Waals surface area contributed by atoms with E-state index < -0.39 is 7.82 Å². The smallest absolute Gasteiger partial charge is 0.356 e. The third kappa shape index (κ3) is 18.7. The third-order valence-electron chi connectivity index (χ3n) is 5.58. The lowest BCUT2D eigenvalue weighted by Gasteiger charge is -2.34. The van der Waals surface area contributed by atoms with Crippen molar-refractivity contribution in [1.82, 2.24) is 0 Å². The number of likely N-dealkylation sites (N-methyl/N-ethyl adjacent to an activating group) is 1. The number of quaternary nitrogens is 1. The first-order chi connectivity index (χ1) is 14.1. The highest BCUT2D eigenvalue weighted by atomic mass is 31.2. The zero-order valence-electron chi connectivity index (χ0n) is 20.2. The maximum Gasteiger partial charge on any atom is 0.469 e. The highest BCUT2D eigenvalue weighted by molar-refractivity contribution is 7.46. The molecule has 0 amide bonds. The van der Waals surface area contributed by atoms with Gasteiger partial charge in [-0.2, -0.15) is 0 Å². The molecule has 0 aliphatic carbocycles. The van der Waals surface area contributed by atoms with E-state index in [9.17, 15) is 4.57 Å². The molecule has 0 saturated heterocycles. The average Bonchev–Trinajstić information content (AvgIpc) is 2.65. The van der Waals surface area contributed by atoms with E-state index in [4.69, 9.17) is 23.8 Å². The van der Waals surface area contributed by atoms with Gasteiger partial charge in [0.05, 0.1) is 21.1 Å². The van der Waals surface area contributed by atoms with Gasteiger partial charge < -0.3 is 23.7 Å². The molecule has 0 aromatic rings. The Balaban J connectivity index is 3.87. The van der Waals surface area contributed by atoms with Crippen LogP contribution in [0, 0.1) is 0 Å². The summed E-state index contributed by atoms with van der Waals surface area (Å²) in [6, 6.07) is -0.0548. The Morgan fingerprint density at radius 1 is 0.833 bits per heavy atom. The van der Waals surface area contributed by atoms with Crippen molar-refractivity contribution in [3.63, 3.8) is 0 Å². The Morgan fingerprint density at radius 3 is 1.77 bits per heavy atom. The van der Waals surface area contributed by atoms with Gasteiger partial charge in [0.25, 0.3) is 0 Å². The van der Waals surface area contributed by atoms with E-state index >= 15 is 0 Å². The molecule has 0 radical (unpaired) electrons. The normalized spacial score (nSPS) is 14.8. The summed E-state index contributed by atoms with van der Waals surface area (Å²) >= 11 is 0. The van der Waals surface area contributed by atoms with Crippen LogP contribution in [0.2, 0.25) is 0 Å². The van der Waals surface area contributed by atoms with E-state index in [1.807, 2.05) is 21.1 Å². The van der Waals surface area contributed by atoms with Crippen molar-refractivity contribution in [2.45, 2.75) is 103 Å². The van der Waals surface area contributed by atoms with Crippen LogP contribution in [-0.2, 0) is 18.6 Å². The van der Waals surface area contributed by atoms with Crippen LogP contribution in [0.25, 0.3) is 0 Å². The molecule has 30 heavy (non-hydrogen) atoms. The molecule has 182 valence electrons. The van der Waals surface area contributed by atoms with Gasteiger partial charge >= 0.3 is 7.82 Å². The summed E-state index contributed by atoms with van der Waals surface area (Å²) in [5, 5.41) is 0. The molecule has 2 atom stereocenters. The topological polar surface area (TPSA) is 85.2 Å². The molecule has 7 nitrogen and oxygen atoms in total. The second-order valence-electron chi connectivity index (χ2n) is 9.21. The molecule has 0 rings (SSSR count). The van der Waals surface area contributed by atoms with E-state index in [-0.39, 0.29) is 18.9 Å². The zero-order chi connectivity index (χ0) is 22.9. The minimum Gasteiger partial charge on any atom is -0.356 e. The number of hydrogen-bond donors (Lipinski definition) is 2. The van der Waals surface area contributed by atoms with Crippen LogP contribution in [0.5, 0.6) is 0 Å². The first kappa shape index (κ1) is 30.0. The molecule has 0 heterocycles. The molecular formula is C22H49NO6P+. The van der Waals surface area contributed by atoms with E-state index in [0.717, 1.165) is 6.42 Å². The monoisotopic (exact) mass is 454 g/mol. The molecule has 0 aliphatic heterocycles. The summed E-state index contributed by atoms with van der Waals surface area (Å²) in [7, 11) is 3.14. The van der Waals surface area contributed by atoms with Gasteiger partial charge in [0.1, 0.15) is 12.6 Å². The Hall–Kier alpha value is -0.0100. The predicted molar refractivity (Wildman–Crippen MR) is 122 cm³/mol. The summed E-state index contributed by atoms with van der Waals surface area (Å²) in [5.74, 6) is 0. The first-order valence-electron chi connectivity index (χ1n) is 11.8.